The maximum atomic E-state index is 12.0. The summed E-state index contributed by atoms with van der Waals surface area (Å²) in [7, 11) is 0. The number of ether oxygens (including phenoxy) is 2. The van der Waals surface area contributed by atoms with Crippen molar-refractivity contribution in [2.75, 3.05) is 18.5 Å². The lowest BCUT2D eigenvalue weighted by Gasteiger charge is -2.22. The molecule has 0 aliphatic rings. The predicted octanol–water partition coefficient (Wildman–Crippen LogP) is 4.16. The molecule has 0 bridgehead atoms. The first kappa shape index (κ1) is 20.5. The maximum Gasteiger partial charge on any atom is 0.344 e. The molecule has 5 nitrogen and oxygen atoms in total. The molecule has 0 aliphatic carbocycles. The van der Waals surface area contributed by atoms with E-state index in [2.05, 4.69) is 26.1 Å². The molecule has 5 heteroatoms. The third-order valence-electron chi connectivity index (χ3n) is 4.28. The van der Waals surface area contributed by atoms with Gasteiger partial charge in [0, 0.05) is 5.69 Å². The van der Waals surface area contributed by atoms with Gasteiger partial charge in [-0.15, -0.1) is 0 Å². The minimum absolute atomic E-state index is 0.105. The van der Waals surface area contributed by atoms with Gasteiger partial charge in [0.1, 0.15) is 5.75 Å². The van der Waals surface area contributed by atoms with Crippen LogP contribution < -0.4 is 10.1 Å². The van der Waals surface area contributed by atoms with Gasteiger partial charge < -0.3 is 14.8 Å². The van der Waals surface area contributed by atoms with Gasteiger partial charge >= 0.3 is 5.97 Å². The van der Waals surface area contributed by atoms with E-state index in [0.717, 1.165) is 16.7 Å². The number of esters is 1. The zero-order valence-corrected chi connectivity index (χ0v) is 16.6. The summed E-state index contributed by atoms with van der Waals surface area (Å²) in [4.78, 5) is 23.9. The van der Waals surface area contributed by atoms with Crippen LogP contribution >= 0.6 is 0 Å². The maximum absolute atomic E-state index is 12.0. The van der Waals surface area contributed by atoms with Crippen LogP contribution in [0.1, 0.15) is 37.5 Å². The number of amides is 1. The fourth-order valence-corrected chi connectivity index (χ4v) is 2.61. The quantitative estimate of drug-likeness (QED) is 0.777. The van der Waals surface area contributed by atoms with Crippen molar-refractivity contribution in [3.05, 3.63) is 59.2 Å². The Labute approximate surface area is 160 Å². The van der Waals surface area contributed by atoms with E-state index in [1.807, 2.05) is 56.3 Å². The highest BCUT2D eigenvalue weighted by atomic mass is 16.6. The molecule has 0 radical (unpaired) electrons. The number of carbonyl (C=O) groups is 2. The van der Waals surface area contributed by atoms with Gasteiger partial charge in [0.05, 0.1) is 0 Å². The summed E-state index contributed by atoms with van der Waals surface area (Å²) >= 11 is 0. The molecule has 1 amide bonds. The van der Waals surface area contributed by atoms with Crippen molar-refractivity contribution in [2.45, 2.75) is 40.0 Å². The van der Waals surface area contributed by atoms with Gasteiger partial charge in [0.25, 0.3) is 5.91 Å². The van der Waals surface area contributed by atoms with Gasteiger partial charge in [-0.1, -0.05) is 51.1 Å². The Morgan fingerprint density at radius 3 is 2.37 bits per heavy atom. The van der Waals surface area contributed by atoms with Crippen LogP contribution in [0.4, 0.5) is 5.69 Å². The van der Waals surface area contributed by atoms with Gasteiger partial charge in [0.2, 0.25) is 0 Å². The number of para-hydroxylation sites is 1. The van der Waals surface area contributed by atoms with E-state index in [-0.39, 0.29) is 24.5 Å². The molecule has 0 fully saturated rings. The van der Waals surface area contributed by atoms with E-state index in [1.54, 1.807) is 0 Å². The van der Waals surface area contributed by atoms with E-state index >= 15 is 0 Å². The van der Waals surface area contributed by atoms with Gasteiger partial charge in [-0.05, 0) is 48.1 Å². The van der Waals surface area contributed by atoms with Crippen LogP contribution in [-0.2, 0) is 19.7 Å². The van der Waals surface area contributed by atoms with Crippen molar-refractivity contribution in [3.63, 3.8) is 0 Å². The molecule has 144 valence electrons. The number of hydrogen-bond donors (Lipinski definition) is 1. The Morgan fingerprint density at radius 2 is 1.67 bits per heavy atom. The average Bonchev–Trinajstić information content (AvgIpc) is 2.61. The van der Waals surface area contributed by atoms with E-state index in [0.29, 0.717) is 11.4 Å². The highest BCUT2D eigenvalue weighted by Crippen LogP contribution is 2.30. The number of carbonyl (C=O) groups excluding carboxylic acids is 2. The Bertz CT molecular complexity index is 821. The number of benzene rings is 2. The van der Waals surface area contributed by atoms with Crippen LogP contribution in [0, 0.1) is 13.8 Å². The Balaban J connectivity index is 1.85. The summed E-state index contributed by atoms with van der Waals surface area (Å²) in [5, 5.41) is 2.75. The number of rotatable bonds is 6. The van der Waals surface area contributed by atoms with Gasteiger partial charge in [-0.25, -0.2) is 4.79 Å². The average molecular weight is 369 g/mol. The topological polar surface area (TPSA) is 64.6 Å². The molecule has 2 rings (SSSR count). The largest absolute Gasteiger partial charge is 0.482 e. The Kier molecular flexibility index (Phi) is 6.61. The summed E-state index contributed by atoms with van der Waals surface area (Å²) in [5.74, 6) is -0.330. The van der Waals surface area contributed by atoms with Crippen molar-refractivity contribution in [3.8, 4) is 5.75 Å². The van der Waals surface area contributed by atoms with Gasteiger partial charge in [-0.2, -0.15) is 0 Å². The summed E-state index contributed by atoms with van der Waals surface area (Å²) in [5.41, 5.74) is 3.68. The molecule has 0 aliphatic heterocycles. The zero-order chi connectivity index (χ0) is 20.0. The molecule has 1 N–H and O–H groups in total. The molecule has 0 spiro atoms. The summed E-state index contributed by atoms with van der Waals surface area (Å²) in [6.07, 6.45) is 0. The molecule has 2 aromatic rings. The number of aryl methyl sites for hydroxylation is 1. The summed E-state index contributed by atoms with van der Waals surface area (Å²) in [6, 6.07) is 13.2. The molecule has 0 saturated carbocycles. The molecule has 0 saturated heterocycles. The van der Waals surface area contributed by atoms with Crippen LogP contribution in [0.15, 0.2) is 42.5 Å². The molecule has 0 aromatic heterocycles. The second-order valence-electron chi connectivity index (χ2n) is 7.49. The highest BCUT2D eigenvalue weighted by molar-refractivity contribution is 5.93. The molecule has 0 atom stereocenters. The first-order chi connectivity index (χ1) is 12.7. The SMILES string of the molecule is Cc1cccc(NC(=O)COC(=O)COc2ccccc2C(C)(C)C)c1C. The van der Waals surface area contributed by atoms with Crippen molar-refractivity contribution < 1.29 is 19.1 Å². The van der Waals surface area contributed by atoms with Crippen LogP contribution in [0.2, 0.25) is 0 Å². The molecule has 2 aromatic carbocycles. The third-order valence-corrected chi connectivity index (χ3v) is 4.28. The second-order valence-corrected chi connectivity index (χ2v) is 7.49. The highest BCUT2D eigenvalue weighted by Gasteiger charge is 2.19. The van der Waals surface area contributed by atoms with Gasteiger partial charge in [-0.3, -0.25) is 4.79 Å². The van der Waals surface area contributed by atoms with E-state index in [1.165, 1.54) is 0 Å². The molecule has 0 heterocycles. The first-order valence-corrected chi connectivity index (χ1v) is 8.92. The lowest BCUT2D eigenvalue weighted by molar-refractivity contribution is -0.149. The number of nitrogens with one attached hydrogen (secondary N) is 1. The lowest BCUT2D eigenvalue weighted by atomic mass is 9.86. The molecular formula is C22H27NO4. The Hall–Kier alpha value is -2.82. The molecular weight excluding hydrogens is 342 g/mol. The van der Waals surface area contributed by atoms with Crippen molar-refractivity contribution in [1.29, 1.82) is 0 Å². The fraction of sp³-hybridized carbons (Fsp3) is 0.364. The van der Waals surface area contributed by atoms with Crippen LogP contribution in [0.25, 0.3) is 0 Å². The minimum Gasteiger partial charge on any atom is -0.482 e. The summed E-state index contributed by atoms with van der Waals surface area (Å²) < 4.78 is 10.6. The van der Waals surface area contributed by atoms with Gasteiger partial charge in [0.15, 0.2) is 13.2 Å². The lowest BCUT2D eigenvalue weighted by Crippen LogP contribution is -2.24. The standard InChI is InChI=1S/C22H27NO4/c1-15-9-8-11-18(16(15)2)23-20(24)13-27-21(25)14-26-19-12-7-6-10-17(19)22(3,4)5/h6-12H,13-14H2,1-5H3,(H,23,24). The van der Waals surface area contributed by atoms with E-state index < -0.39 is 5.97 Å². The van der Waals surface area contributed by atoms with E-state index in [9.17, 15) is 9.59 Å². The predicted molar refractivity (Wildman–Crippen MR) is 106 cm³/mol. The first-order valence-electron chi connectivity index (χ1n) is 8.92. The summed E-state index contributed by atoms with van der Waals surface area (Å²) in [6.45, 7) is 9.52. The smallest absolute Gasteiger partial charge is 0.344 e. The monoisotopic (exact) mass is 369 g/mol. The fourth-order valence-electron chi connectivity index (χ4n) is 2.61. The molecule has 27 heavy (non-hydrogen) atoms. The van der Waals surface area contributed by atoms with Crippen LogP contribution in [-0.4, -0.2) is 25.1 Å². The van der Waals surface area contributed by atoms with Crippen LogP contribution in [0.5, 0.6) is 5.75 Å². The molecule has 0 unspecified atom stereocenters. The minimum atomic E-state index is -0.588. The zero-order valence-electron chi connectivity index (χ0n) is 16.6. The number of hydrogen-bond acceptors (Lipinski definition) is 4. The Morgan fingerprint density at radius 1 is 0.963 bits per heavy atom. The number of anilines is 1. The second kappa shape index (κ2) is 8.71. The van der Waals surface area contributed by atoms with Crippen molar-refractivity contribution in [2.24, 2.45) is 0 Å². The normalized spacial score (nSPS) is 11.0. The third kappa shape index (κ3) is 5.84. The van der Waals surface area contributed by atoms with Crippen molar-refractivity contribution >= 4 is 17.6 Å². The van der Waals surface area contributed by atoms with E-state index in [4.69, 9.17) is 9.47 Å². The van der Waals surface area contributed by atoms with Crippen molar-refractivity contribution in [1.82, 2.24) is 0 Å². The van der Waals surface area contributed by atoms with Crippen LogP contribution in [0.3, 0.4) is 0 Å².